The molecule has 6 rings (SSSR count). The number of hydrogen-bond acceptors (Lipinski definition) is 7. The Morgan fingerprint density at radius 1 is 1.21 bits per heavy atom. The third-order valence-corrected chi connectivity index (χ3v) is 6.84. The summed E-state index contributed by atoms with van der Waals surface area (Å²) in [6.45, 7) is 3.15. The quantitative estimate of drug-likeness (QED) is 0.483. The van der Waals surface area contributed by atoms with Crippen LogP contribution in [-0.4, -0.2) is 35.7 Å². The lowest BCUT2D eigenvalue weighted by atomic mass is 9.90. The molecule has 2 aliphatic rings. The number of anilines is 1. The predicted octanol–water partition coefficient (Wildman–Crippen LogP) is 3.39. The standard InChI is InChI=1S/C25H25N7O2/c1-14-20(28-9-8-27-14)11-32(21-6-2-4-15-5-3-7-29-22(15)21)25(33)19-10-18-23(30-19)16-12-34-13-17(16)24(26)31-18/h3,5,7-10,21,30H,2,4,6,11-13H2,1H3,(H2,26,31)/t21-/m1/s1. The molecule has 172 valence electrons. The largest absolute Gasteiger partial charge is 0.383 e. The molecule has 0 aromatic carbocycles. The number of rotatable bonds is 4. The van der Waals surface area contributed by atoms with Crippen LogP contribution in [0.2, 0.25) is 0 Å². The van der Waals surface area contributed by atoms with E-state index >= 15 is 0 Å². The number of nitrogens with zero attached hydrogens (tertiary/aromatic N) is 5. The van der Waals surface area contributed by atoms with Crippen LogP contribution < -0.4 is 5.73 Å². The number of carbonyl (C=O) groups is 1. The van der Waals surface area contributed by atoms with E-state index in [9.17, 15) is 4.79 Å². The van der Waals surface area contributed by atoms with Crippen LogP contribution in [0.1, 0.15) is 63.1 Å². The molecule has 3 N–H and O–H groups in total. The van der Waals surface area contributed by atoms with Crippen molar-refractivity contribution in [2.75, 3.05) is 5.73 Å². The van der Waals surface area contributed by atoms with Crippen LogP contribution in [0.4, 0.5) is 5.82 Å². The highest BCUT2D eigenvalue weighted by atomic mass is 16.5. The molecule has 1 aliphatic heterocycles. The first kappa shape index (κ1) is 20.7. The summed E-state index contributed by atoms with van der Waals surface area (Å²) in [4.78, 5) is 37.3. The van der Waals surface area contributed by atoms with Crippen molar-refractivity contribution in [2.45, 2.75) is 52.0 Å². The summed E-state index contributed by atoms with van der Waals surface area (Å²) in [6.07, 6.45) is 7.92. The average molecular weight is 456 g/mol. The first-order valence-electron chi connectivity index (χ1n) is 11.5. The number of ether oxygens (including phenoxy) is 1. The summed E-state index contributed by atoms with van der Waals surface area (Å²) >= 11 is 0. The SMILES string of the molecule is Cc1nccnc1CN(C(=O)c1cc2nc(N)c3c(c2[nH]1)COC3)[C@@H]1CCCc2cccnc21. The van der Waals surface area contributed by atoms with Gasteiger partial charge in [0.05, 0.1) is 53.9 Å². The highest BCUT2D eigenvalue weighted by molar-refractivity contribution is 5.98. The van der Waals surface area contributed by atoms with Crippen LogP contribution in [0.15, 0.2) is 36.8 Å². The Labute approximate surface area is 196 Å². The summed E-state index contributed by atoms with van der Waals surface area (Å²) in [7, 11) is 0. The van der Waals surface area contributed by atoms with Gasteiger partial charge in [-0.15, -0.1) is 0 Å². The van der Waals surface area contributed by atoms with Gasteiger partial charge in [0.2, 0.25) is 0 Å². The third kappa shape index (κ3) is 3.40. The number of aryl methyl sites for hydroxylation is 2. The maximum atomic E-state index is 14.1. The van der Waals surface area contributed by atoms with Gasteiger partial charge in [-0.2, -0.15) is 0 Å². The van der Waals surface area contributed by atoms with E-state index in [1.165, 1.54) is 5.56 Å². The summed E-state index contributed by atoms with van der Waals surface area (Å²) in [6, 6.07) is 5.68. The molecule has 0 saturated heterocycles. The van der Waals surface area contributed by atoms with Crippen molar-refractivity contribution in [3.05, 3.63) is 76.3 Å². The minimum atomic E-state index is -0.155. The topological polar surface area (TPSA) is 123 Å². The normalized spacial score (nSPS) is 16.9. The number of aromatic amines is 1. The van der Waals surface area contributed by atoms with E-state index < -0.39 is 0 Å². The molecule has 4 aromatic heterocycles. The second-order valence-electron chi connectivity index (χ2n) is 8.87. The van der Waals surface area contributed by atoms with Gasteiger partial charge < -0.3 is 20.4 Å². The highest BCUT2D eigenvalue weighted by Crippen LogP contribution is 2.36. The van der Waals surface area contributed by atoms with Crippen LogP contribution in [0, 0.1) is 6.92 Å². The number of nitrogens with two attached hydrogens (primary N) is 1. The molecule has 0 unspecified atom stereocenters. The maximum Gasteiger partial charge on any atom is 0.271 e. The van der Waals surface area contributed by atoms with Gasteiger partial charge >= 0.3 is 0 Å². The fraction of sp³-hybridized carbons (Fsp3) is 0.320. The molecule has 0 saturated carbocycles. The van der Waals surface area contributed by atoms with Crippen LogP contribution >= 0.6 is 0 Å². The number of fused-ring (bicyclic) bond motifs is 4. The summed E-state index contributed by atoms with van der Waals surface area (Å²) in [5, 5.41) is 0. The predicted molar refractivity (Wildman–Crippen MR) is 126 cm³/mol. The molecule has 34 heavy (non-hydrogen) atoms. The molecule has 4 aromatic rings. The lowest BCUT2D eigenvalue weighted by Gasteiger charge is -2.34. The number of nitrogen functional groups attached to an aromatic ring is 1. The number of pyridine rings is 2. The van der Waals surface area contributed by atoms with E-state index in [1.54, 1.807) is 24.7 Å². The second-order valence-corrected chi connectivity index (χ2v) is 8.87. The Bertz CT molecular complexity index is 1410. The first-order chi connectivity index (χ1) is 16.6. The van der Waals surface area contributed by atoms with E-state index in [1.807, 2.05) is 17.9 Å². The Morgan fingerprint density at radius 2 is 2.06 bits per heavy atom. The fourth-order valence-corrected chi connectivity index (χ4v) is 5.07. The van der Waals surface area contributed by atoms with Crippen LogP contribution in [-0.2, 0) is 30.9 Å². The van der Waals surface area contributed by atoms with Gasteiger partial charge in [0.1, 0.15) is 11.5 Å². The molecular weight excluding hydrogens is 430 g/mol. The fourth-order valence-electron chi connectivity index (χ4n) is 5.07. The zero-order valence-electron chi connectivity index (χ0n) is 18.9. The molecule has 1 amide bonds. The van der Waals surface area contributed by atoms with Crippen LogP contribution in [0.3, 0.4) is 0 Å². The Balaban J connectivity index is 1.44. The second kappa shape index (κ2) is 8.18. The van der Waals surface area contributed by atoms with Crippen molar-refractivity contribution < 1.29 is 9.53 Å². The minimum Gasteiger partial charge on any atom is -0.383 e. The monoisotopic (exact) mass is 455 g/mol. The highest BCUT2D eigenvalue weighted by Gasteiger charge is 2.33. The number of hydrogen-bond donors (Lipinski definition) is 2. The number of amides is 1. The van der Waals surface area contributed by atoms with Gasteiger partial charge in [0, 0.05) is 29.7 Å². The summed E-state index contributed by atoms with van der Waals surface area (Å²) in [5.74, 6) is 0.327. The van der Waals surface area contributed by atoms with Crippen molar-refractivity contribution in [2.24, 2.45) is 0 Å². The van der Waals surface area contributed by atoms with Gasteiger partial charge in [-0.1, -0.05) is 6.07 Å². The van der Waals surface area contributed by atoms with Gasteiger partial charge in [0.25, 0.3) is 5.91 Å². The zero-order chi connectivity index (χ0) is 23.2. The molecule has 5 heterocycles. The Kier molecular flexibility index (Phi) is 4.99. The summed E-state index contributed by atoms with van der Waals surface area (Å²) < 4.78 is 5.59. The number of aromatic nitrogens is 5. The molecule has 0 fully saturated rings. The van der Waals surface area contributed by atoms with Crippen molar-refractivity contribution in [1.29, 1.82) is 0 Å². The minimum absolute atomic E-state index is 0.127. The first-order valence-corrected chi connectivity index (χ1v) is 11.5. The van der Waals surface area contributed by atoms with Crippen molar-refractivity contribution in [1.82, 2.24) is 29.8 Å². The molecule has 9 nitrogen and oxygen atoms in total. The van der Waals surface area contributed by atoms with Gasteiger partial charge in [-0.3, -0.25) is 19.7 Å². The molecule has 0 bridgehead atoms. The molecular formula is C25H25N7O2. The Morgan fingerprint density at radius 3 is 2.94 bits per heavy atom. The van der Waals surface area contributed by atoms with E-state index in [0.29, 0.717) is 36.8 Å². The van der Waals surface area contributed by atoms with E-state index in [-0.39, 0.29) is 11.9 Å². The van der Waals surface area contributed by atoms with E-state index in [0.717, 1.165) is 53.0 Å². The summed E-state index contributed by atoms with van der Waals surface area (Å²) in [5.41, 5.74) is 13.7. The number of H-pyrrole nitrogens is 1. The maximum absolute atomic E-state index is 14.1. The number of nitrogens with one attached hydrogen (secondary N) is 1. The third-order valence-electron chi connectivity index (χ3n) is 6.84. The van der Waals surface area contributed by atoms with Crippen molar-refractivity contribution in [3.63, 3.8) is 0 Å². The molecule has 0 radical (unpaired) electrons. The Hall–Kier alpha value is -3.85. The average Bonchev–Trinajstić information content (AvgIpc) is 3.51. The zero-order valence-corrected chi connectivity index (χ0v) is 18.9. The van der Waals surface area contributed by atoms with Gasteiger partial charge in [-0.25, -0.2) is 4.98 Å². The van der Waals surface area contributed by atoms with Gasteiger partial charge in [0.15, 0.2) is 0 Å². The number of carbonyl (C=O) groups excluding carboxylic acids is 1. The lowest BCUT2D eigenvalue weighted by molar-refractivity contribution is 0.0624. The van der Waals surface area contributed by atoms with Crippen LogP contribution in [0.5, 0.6) is 0 Å². The lowest BCUT2D eigenvalue weighted by Crippen LogP contribution is -2.37. The van der Waals surface area contributed by atoms with Crippen molar-refractivity contribution >= 4 is 22.8 Å². The molecule has 1 atom stereocenters. The molecule has 9 heteroatoms. The van der Waals surface area contributed by atoms with E-state index in [2.05, 4.69) is 31.0 Å². The molecule has 0 spiro atoms. The molecule has 1 aliphatic carbocycles. The van der Waals surface area contributed by atoms with Crippen molar-refractivity contribution in [3.8, 4) is 0 Å². The van der Waals surface area contributed by atoms with Gasteiger partial charge in [-0.05, 0) is 43.9 Å². The smallest absolute Gasteiger partial charge is 0.271 e. The van der Waals surface area contributed by atoms with Crippen LogP contribution in [0.25, 0.3) is 11.0 Å². The van der Waals surface area contributed by atoms with E-state index in [4.69, 9.17) is 10.5 Å².